The second-order valence-electron chi connectivity index (χ2n) is 6.10. The molecule has 1 aliphatic rings. The minimum absolute atomic E-state index is 0.0855. The summed E-state index contributed by atoms with van der Waals surface area (Å²) in [5.41, 5.74) is 3.64. The van der Waals surface area contributed by atoms with Crippen molar-refractivity contribution in [3.05, 3.63) is 53.1 Å². The molecule has 124 valence electrons. The number of nitrogens with one attached hydrogen (secondary N) is 1. The van der Waals surface area contributed by atoms with Crippen LogP contribution in [0.1, 0.15) is 35.8 Å². The first kappa shape index (κ1) is 16.2. The van der Waals surface area contributed by atoms with Gasteiger partial charge < -0.3 is 4.57 Å². The molecule has 0 spiro atoms. The van der Waals surface area contributed by atoms with Crippen LogP contribution in [0.25, 0.3) is 0 Å². The first-order valence-corrected chi connectivity index (χ1v) is 9.29. The van der Waals surface area contributed by atoms with E-state index in [-0.39, 0.29) is 4.90 Å². The van der Waals surface area contributed by atoms with Gasteiger partial charge in [0.15, 0.2) is 0 Å². The molecule has 6 heteroatoms. The number of aryl methyl sites for hydroxylation is 1. The SMILES string of the molecule is Cc1cc(CCNS(=O)(=O)c2ccc(F)cc2)c(C)n1C1CC1. The number of sulfonamides is 1. The van der Waals surface area contributed by atoms with Gasteiger partial charge in [0.2, 0.25) is 10.0 Å². The molecule has 1 aromatic heterocycles. The highest BCUT2D eigenvalue weighted by atomic mass is 32.2. The van der Waals surface area contributed by atoms with Crippen LogP contribution in [-0.2, 0) is 16.4 Å². The Kier molecular flexibility index (Phi) is 4.29. The molecule has 1 fully saturated rings. The van der Waals surface area contributed by atoms with Crippen molar-refractivity contribution in [1.29, 1.82) is 0 Å². The molecule has 0 unspecified atom stereocenters. The van der Waals surface area contributed by atoms with Crippen molar-refractivity contribution < 1.29 is 12.8 Å². The van der Waals surface area contributed by atoms with Gasteiger partial charge in [-0.25, -0.2) is 17.5 Å². The van der Waals surface area contributed by atoms with Crippen molar-refractivity contribution >= 4 is 10.0 Å². The van der Waals surface area contributed by atoms with Gasteiger partial charge in [-0.1, -0.05) is 0 Å². The summed E-state index contributed by atoms with van der Waals surface area (Å²) in [5, 5.41) is 0. The van der Waals surface area contributed by atoms with E-state index >= 15 is 0 Å². The molecular weight excluding hydrogens is 315 g/mol. The van der Waals surface area contributed by atoms with Gasteiger partial charge in [0.05, 0.1) is 4.90 Å². The number of benzene rings is 1. The van der Waals surface area contributed by atoms with Gasteiger partial charge in [0.25, 0.3) is 0 Å². The molecule has 0 atom stereocenters. The summed E-state index contributed by atoms with van der Waals surface area (Å²) in [7, 11) is -3.59. The van der Waals surface area contributed by atoms with Crippen LogP contribution in [0.4, 0.5) is 4.39 Å². The van der Waals surface area contributed by atoms with Gasteiger partial charge >= 0.3 is 0 Å². The fourth-order valence-electron chi connectivity index (χ4n) is 3.01. The van der Waals surface area contributed by atoms with Gasteiger partial charge in [0, 0.05) is 24.0 Å². The van der Waals surface area contributed by atoms with Crippen LogP contribution in [0.5, 0.6) is 0 Å². The second kappa shape index (κ2) is 6.09. The van der Waals surface area contributed by atoms with Gasteiger partial charge in [-0.2, -0.15) is 0 Å². The molecule has 23 heavy (non-hydrogen) atoms. The molecule has 0 radical (unpaired) electrons. The van der Waals surface area contributed by atoms with Crippen molar-refractivity contribution in [3.63, 3.8) is 0 Å². The Morgan fingerprint density at radius 2 is 1.87 bits per heavy atom. The van der Waals surface area contributed by atoms with Crippen molar-refractivity contribution in [1.82, 2.24) is 9.29 Å². The van der Waals surface area contributed by atoms with Crippen molar-refractivity contribution in [2.45, 2.75) is 44.0 Å². The summed E-state index contributed by atoms with van der Waals surface area (Å²) < 4.78 is 42.2. The maximum atomic E-state index is 12.9. The Hall–Kier alpha value is -1.66. The Labute approximate surface area is 136 Å². The highest BCUT2D eigenvalue weighted by Gasteiger charge is 2.26. The van der Waals surface area contributed by atoms with Crippen LogP contribution < -0.4 is 4.72 Å². The Morgan fingerprint density at radius 3 is 2.48 bits per heavy atom. The zero-order chi connectivity index (χ0) is 16.6. The predicted octanol–water partition coefficient (Wildman–Crippen LogP) is 3.10. The third-order valence-electron chi connectivity index (χ3n) is 4.31. The van der Waals surface area contributed by atoms with Crippen LogP contribution in [0.15, 0.2) is 35.2 Å². The third-order valence-corrected chi connectivity index (χ3v) is 5.79. The Bertz CT molecular complexity index is 806. The summed E-state index contributed by atoms with van der Waals surface area (Å²) in [4.78, 5) is 0.0855. The van der Waals surface area contributed by atoms with E-state index in [1.807, 2.05) is 0 Å². The lowest BCUT2D eigenvalue weighted by Gasteiger charge is -2.09. The Balaban J connectivity index is 1.65. The molecule has 1 saturated carbocycles. The number of halogens is 1. The minimum Gasteiger partial charge on any atom is -0.346 e. The molecule has 0 bridgehead atoms. The third kappa shape index (κ3) is 3.48. The molecular formula is C17H21FN2O2S. The maximum Gasteiger partial charge on any atom is 0.240 e. The van der Waals surface area contributed by atoms with E-state index in [0.29, 0.717) is 19.0 Å². The van der Waals surface area contributed by atoms with Crippen LogP contribution >= 0.6 is 0 Å². The highest BCUT2D eigenvalue weighted by Crippen LogP contribution is 2.38. The van der Waals surface area contributed by atoms with Crippen molar-refractivity contribution in [3.8, 4) is 0 Å². The molecule has 0 amide bonds. The monoisotopic (exact) mass is 336 g/mol. The van der Waals surface area contributed by atoms with E-state index in [1.165, 1.54) is 41.9 Å². The summed E-state index contributed by atoms with van der Waals surface area (Å²) in [5.74, 6) is -0.448. The molecule has 1 aliphatic carbocycles. The Morgan fingerprint density at radius 1 is 1.22 bits per heavy atom. The van der Waals surface area contributed by atoms with E-state index in [2.05, 4.69) is 29.2 Å². The molecule has 4 nitrogen and oxygen atoms in total. The molecule has 1 heterocycles. The van der Waals surface area contributed by atoms with Gasteiger partial charge in [0.1, 0.15) is 5.82 Å². The second-order valence-corrected chi connectivity index (χ2v) is 7.87. The van der Waals surface area contributed by atoms with E-state index in [1.54, 1.807) is 0 Å². The predicted molar refractivity (Wildman–Crippen MR) is 87.5 cm³/mol. The van der Waals surface area contributed by atoms with Gasteiger partial charge in [-0.3, -0.25) is 0 Å². The zero-order valence-corrected chi connectivity index (χ0v) is 14.2. The lowest BCUT2D eigenvalue weighted by Crippen LogP contribution is -2.26. The quantitative estimate of drug-likeness (QED) is 0.881. The lowest BCUT2D eigenvalue weighted by atomic mass is 10.2. The average Bonchev–Trinajstić information content (AvgIpc) is 3.27. The van der Waals surface area contributed by atoms with Crippen LogP contribution in [0, 0.1) is 19.7 Å². The topological polar surface area (TPSA) is 51.1 Å². The van der Waals surface area contributed by atoms with Crippen molar-refractivity contribution in [2.24, 2.45) is 0 Å². The van der Waals surface area contributed by atoms with Crippen LogP contribution in [-0.4, -0.2) is 19.5 Å². The first-order valence-electron chi connectivity index (χ1n) is 7.81. The van der Waals surface area contributed by atoms with Gasteiger partial charge in [-0.05, 0) is 69.0 Å². The smallest absolute Gasteiger partial charge is 0.240 e. The van der Waals surface area contributed by atoms with Crippen molar-refractivity contribution in [2.75, 3.05) is 6.54 Å². The lowest BCUT2D eigenvalue weighted by molar-refractivity contribution is 0.580. The zero-order valence-electron chi connectivity index (χ0n) is 13.3. The molecule has 1 N–H and O–H groups in total. The fraction of sp³-hybridized carbons (Fsp3) is 0.412. The normalized spacial score (nSPS) is 15.1. The highest BCUT2D eigenvalue weighted by molar-refractivity contribution is 7.89. The average molecular weight is 336 g/mol. The summed E-state index contributed by atoms with van der Waals surface area (Å²) in [6.45, 7) is 4.52. The minimum atomic E-state index is -3.59. The number of hydrogen-bond acceptors (Lipinski definition) is 2. The standard InChI is InChI=1S/C17H21FN2O2S/c1-12-11-14(13(2)20(12)16-5-6-16)9-10-19-23(21,22)17-7-3-15(18)4-8-17/h3-4,7-8,11,16,19H,5-6,9-10H2,1-2H3. The molecule has 3 rings (SSSR count). The number of rotatable bonds is 6. The van der Waals surface area contributed by atoms with E-state index in [4.69, 9.17) is 0 Å². The number of nitrogens with zero attached hydrogens (tertiary/aromatic N) is 1. The summed E-state index contributed by atoms with van der Waals surface area (Å²) >= 11 is 0. The van der Waals surface area contributed by atoms with Crippen LogP contribution in [0.2, 0.25) is 0 Å². The maximum absolute atomic E-state index is 12.9. The number of hydrogen-bond donors (Lipinski definition) is 1. The molecule has 2 aromatic rings. The largest absolute Gasteiger partial charge is 0.346 e. The molecule has 1 aromatic carbocycles. The number of aromatic nitrogens is 1. The first-order chi connectivity index (χ1) is 10.9. The van der Waals surface area contributed by atoms with Crippen LogP contribution in [0.3, 0.4) is 0 Å². The fourth-order valence-corrected chi connectivity index (χ4v) is 4.04. The molecule has 0 aliphatic heterocycles. The van der Waals surface area contributed by atoms with Gasteiger partial charge in [-0.15, -0.1) is 0 Å². The summed E-state index contributed by atoms with van der Waals surface area (Å²) in [6.07, 6.45) is 3.10. The van der Waals surface area contributed by atoms with E-state index in [9.17, 15) is 12.8 Å². The van der Waals surface area contributed by atoms with E-state index in [0.717, 1.165) is 12.1 Å². The molecule has 0 saturated heterocycles. The van der Waals surface area contributed by atoms with E-state index < -0.39 is 15.8 Å². The summed E-state index contributed by atoms with van der Waals surface area (Å²) in [6, 6.07) is 7.61.